The second-order valence-electron chi connectivity index (χ2n) is 8.66. The Bertz CT molecular complexity index is 1490. The molecule has 1 saturated heterocycles. The number of nitrogens with one attached hydrogen (secondary N) is 1. The number of ether oxygens (including phenoxy) is 1. The van der Waals surface area contributed by atoms with Crippen molar-refractivity contribution < 1.29 is 13.2 Å². The average Bonchev–Trinajstić information content (AvgIpc) is 3.28. The smallest absolute Gasteiger partial charge is 0.243 e. The van der Waals surface area contributed by atoms with Crippen molar-refractivity contribution in [2.24, 2.45) is 5.92 Å². The van der Waals surface area contributed by atoms with Gasteiger partial charge in [-0.15, -0.1) is 0 Å². The van der Waals surface area contributed by atoms with Gasteiger partial charge < -0.3 is 10.1 Å². The Labute approximate surface area is 223 Å². The Morgan fingerprint density at radius 2 is 1.97 bits per heavy atom. The van der Waals surface area contributed by atoms with Gasteiger partial charge in [-0.1, -0.05) is 29.8 Å². The number of fused-ring (bicyclic) bond motifs is 1. The quantitative estimate of drug-likeness (QED) is 0.313. The van der Waals surface area contributed by atoms with Crippen LogP contribution in [0, 0.1) is 5.92 Å². The lowest BCUT2D eigenvalue weighted by molar-refractivity contribution is 0.275. The van der Waals surface area contributed by atoms with E-state index in [1.54, 1.807) is 46.4 Å². The van der Waals surface area contributed by atoms with Crippen molar-refractivity contribution in [3.63, 3.8) is 0 Å². The second kappa shape index (κ2) is 10.4. The number of halogens is 2. The first kappa shape index (κ1) is 25.0. The predicted molar refractivity (Wildman–Crippen MR) is 144 cm³/mol. The number of nitrogens with zero attached hydrogens (tertiary/aromatic N) is 4. The molecule has 0 spiro atoms. The van der Waals surface area contributed by atoms with Gasteiger partial charge in [-0.25, -0.2) is 13.4 Å². The molecule has 8 nitrogen and oxygen atoms in total. The summed E-state index contributed by atoms with van der Waals surface area (Å²) in [6.07, 6.45) is 3.43. The molecule has 4 aromatic rings. The van der Waals surface area contributed by atoms with Gasteiger partial charge in [-0.3, -0.25) is 0 Å². The maximum Gasteiger partial charge on any atom is 0.243 e. The molecule has 1 aliphatic rings. The van der Waals surface area contributed by atoms with E-state index in [9.17, 15) is 8.42 Å². The molecule has 1 aliphatic heterocycles. The maximum atomic E-state index is 13.2. The van der Waals surface area contributed by atoms with E-state index in [1.807, 2.05) is 30.3 Å². The summed E-state index contributed by atoms with van der Waals surface area (Å²) in [6, 6.07) is 16.0. The fourth-order valence-corrected chi connectivity index (χ4v) is 6.56. The van der Waals surface area contributed by atoms with Gasteiger partial charge in [-0.2, -0.15) is 13.9 Å². The molecule has 2 aromatic carbocycles. The van der Waals surface area contributed by atoms with E-state index in [1.165, 1.54) is 0 Å². The van der Waals surface area contributed by atoms with Gasteiger partial charge in [-0.05, 0) is 65.0 Å². The van der Waals surface area contributed by atoms with Crippen molar-refractivity contribution in [3.05, 3.63) is 70.3 Å². The van der Waals surface area contributed by atoms with Gasteiger partial charge >= 0.3 is 0 Å². The van der Waals surface area contributed by atoms with E-state index in [0.717, 1.165) is 34.4 Å². The van der Waals surface area contributed by atoms with Gasteiger partial charge in [0.05, 0.1) is 28.4 Å². The number of aromatic nitrogens is 3. The van der Waals surface area contributed by atoms with Crippen LogP contribution in [0.4, 0.5) is 5.82 Å². The van der Waals surface area contributed by atoms with Gasteiger partial charge in [0, 0.05) is 36.3 Å². The van der Waals surface area contributed by atoms with E-state index >= 15 is 0 Å². The molecule has 0 radical (unpaired) electrons. The van der Waals surface area contributed by atoms with E-state index in [-0.39, 0.29) is 10.8 Å². The van der Waals surface area contributed by atoms with Crippen molar-refractivity contribution in [1.29, 1.82) is 0 Å². The molecule has 1 N–H and O–H groups in total. The fraction of sp³-hybridized carbons (Fsp3) is 0.280. The summed E-state index contributed by atoms with van der Waals surface area (Å²) in [7, 11) is -2.02. The number of rotatable bonds is 7. The Kier molecular flexibility index (Phi) is 7.21. The van der Waals surface area contributed by atoms with Crippen molar-refractivity contribution in [2.75, 3.05) is 32.1 Å². The van der Waals surface area contributed by atoms with Crippen LogP contribution in [0.5, 0.6) is 5.75 Å². The van der Waals surface area contributed by atoms with E-state index in [2.05, 4.69) is 26.3 Å². The number of hydrogen-bond donors (Lipinski definition) is 1. The molecule has 1 fully saturated rings. The first-order valence-electron chi connectivity index (χ1n) is 11.5. The van der Waals surface area contributed by atoms with Crippen LogP contribution in [0.1, 0.15) is 12.8 Å². The molecule has 0 amide bonds. The summed E-state index contributed by atoms with van der Waals surface area (Å²) in [6.45, 7) is 1.54. The average molecular weight is 591 g/mol. The van der Waals surface area contributed by atoms with E-state index in [4.69, 9.17) is 21.3 Å². The first-order chi connectivity index (χ1) is 17.4. The minimum absolute atomic E-state index is 0.137. The van der Waals surface area contributed by atoms with Crippen molar-refractivity contribution in [1.82, 2.24) is 18.9 Å². The monoisotopic (exact) mass is 589 g/mol. The molecule has 36 heavy (non-hydrogen) atoms. The highest BCUT2D eigenvalue weighted by molar-refractivity contribution is 9.10. The zero-order valence-corrected chi connectivity index (χ0v) is 22.7. The van der Waals surface area contributed by atoms with Crippen LogP contribution in [0.3, 0.4) is 0 Å². The summed E-state index contributed by atoms with van der Waals surface area (Å²) in [4.78, 5) is 5.02. The normalized spacial score (nSPS) is 16.8. The predicted octanol–water partition coefficient (Wildman–Crippen LogP) is 5.33. The molecule has 0 saturated carbocycles. The molecule has 2 aromatic heterocycles. The SMILES string of the molecule is COc1ccc(S(=O)(=O)N2CCCC(CNc3cc(-c4ccccc4Cl)nc4c(Br)cnn34)C2)cc1. The third kappa shape index (κ3) is 4.95. The van der Waals surface area contributed by atoms with Gasteiger partial charge in [0.1, 0.15) is 11.6 Å². The van der Waals surface area contributed by atoms with E-state index < -0.39 is 10.0 Å². The number of piperidine rings is 1. The molecule has 1 atom stereocenters. The largest absolute Gasteiger partial charge is 0.497 e. The zero-order valence-electron chi connectivity index (χ0n) is 19.6. The lowest BCUT2D eigenvalue weighted by atomic mass is 10.00. The first-order valence-corrected chi connectivity index (χ1v) is 14.1. The summed E-state index contributed by atoms with van der Waals surface area (Å²) < 4.78 is 35.7. The van der Waals surface area contributed by atoms with Crippen molar-refractivity contribution in [3.8, 4) is 17.0 Å². The Hall–Kier alpha value is -2.66. The number of anilines is 1. The highest BCUT2D eigenvalue weighted by Gasteiger charge is 2.30. The molecule has 188 valence electrons. The lowest BCUT2D eigenvalue weighted by Gasteiger charge is -2.32. The Balaban J connectivity index is 1.36. The molecule has 11 heteroatoms. The minimum atomic E-state index is -3.58. The minimum Gasteiger partial charge on any atom is -0.497 e. The maximum absolute atomic E-state index is 13.2. The standard InChI is InChI=1S/C25H25BrClN5O3S/c1-35-18-8-10-19(11-9-18)36(33,34)31-12-4-5-17(16-31)14-28-24-13-23(20-6-2-3-7-22(20)27)30-25-21(26)15-29-32(24)25/h2-3,6-11,13,15,17,28H,4-5,12,14,16H2,1H3. The van der Waals surface area contributed by atoms with Crippen LogP contribution < -0.4 is 10.1 Å². The summed E-state index contributed by atoms with van der Waals surface area (Å²) in [5, 5.41) is 8.54. The summed E-state index contributed by atoms with van der Waals surface area (Å²) >= 11 is 9.96. The topological polar surface area (TPSA) is 88.8 Å². The molecule has 3 heterocycles. The summed E-state index contributed by atoms with van der Waals surface area (Å²) in [5.74, 6) is 1.52. The van der Waals surface area contributed by atoms with Crippen LogP contribution >= 0.6 is 27.5 Å². The lowest BCUT2D eigenvalue weighted by Crippen LogP contribution is -2.41. The fourth-order valence-electron chi connectivity index (χ4n) is 4.43. The molecule has 0 aliphatic carbocycles. The van der Waals surface area contributed by atoms with Gasteiger partial charge in [0.25, 0.3) is 0 Å². The molecule has 5 rings (SSSR count). The second-order valence-corrected chi connectivity index (χ2v) is 11.9. The third-order valence-electron chi connectivity index (χ3n) is 6.33. The molecule has 1 unspecified atom stereocenters. The highest BCUT2D eigenvalue weighted by Crippen LogP contribution is 2.31. The van der Waals surface area contributed by atoms with Gasteiger partial charge in [0.2, 0.25) is 10.0 Å². The highest BCUT2D eigenvalue weighted by atomic mass is 79.9. The third-order valence-corrected chi connectivity index (χ3v) is 9.10. The Morgan fingerprint density at radius 1 is 1.19 bits per heavy atom. The van der Waals surface area contributed by atoms with Crippen LogP contribution in [0.15, 0.2) is 70.2 Å². The van der Waals surface area contributed by atoms with Crippen LogP contribution in [0.25, 0.3) is 16.9 Å². The molecular weight excluding hydrogens is 566 g/mol. The van der Waals surface area contributed by atoms with Crippen LogP contribution in [-0.2, 0) is 10.0 Å². The van der Waals surface area contributed by atoms with E-state index in [0.29, 0.717) is 36.1 Å². The number of benzene rings is 2. The Morgan fingerprint density at radius 3 is 2.72 bits per heavy atom. The van der Waals surface area contributed by atoms with Crippen LogP contribution in [0.2, 0.25) is 5.02 Å². The summed E-state index contributed by atoms with van der Waals surface area (Å²) in [5.41, 5.74) is 2.22. The van der Waals surface area contributed by atoms with Crippen molar-refractivity contribution in [2.45, 2.75) is 17.7 Å². The number of hydrogen-bond acceptors (Lipinski definition) is 6. The number of methoxy groups -OCH3 is 1. The number of sulfonamides is 1. The molecule has 0 bridgehead atoms. The van der Waals surface area contributed by atoms with Crippen LogP contribution in [-0.4, -0.2) is 54.1 Å². The van der Waals surface area contributed by atoms with Gasteiger partial charge in [0.15, 0.2) is 5.65 Å². The molecular formula is C25H25BrClN5O3S. The van der Waals surface area contributed by atoms with Crippen molar-refractivity contribution >= 4 is 49.0 Å². The zero-order chi connectivity index (χ0) is 25.3.